The molecule has 2 saturated heterocycles. The number of benzene rings is 3. The average molecular weight is 831 g/mol. The number of hydrogen-bond acceptors (Lipinski definition) is 12. The lowest BCUT2D eigenvalue weighted by atomic mass is 10.0. The van der Waals surface area contributed by atoms with Gasteiger partial charge in [-0.2, -0.15) is 4.98 Å². The fraction of sp³-hybridized carbons (Fsp3) is 0.350. The third kappa shape index (κ3) is 8.75. The van der Waals surface area contributed by atoms with Crippen LogP contribution in [-0.2, 0) is 25.5 Å². The lowest BCUT2D eigenvalue weighted by Crippen LogP contribution is -2.52. The molecule has 4 aromatic rings. The molecular formula is C40H44ClN8O6PS. The number of anilines is 5. The fourth-order valence-electron chi connectivity index (χ4n) is 7.44. The van der Waals surface area contributed by atoms with E-state index in [4.69, 9.17) is 16.3 Å². The predicted molar refractivity (Wildman–Crippen MR) is 223 cm³/mol. The van der Waals surface area contributed by atoms with Crippen molar-refractivity contribution in [2.45, 2.75) is 49.2 Å². The van der Waals surface area contributed by atoms with E-state index < -0.39 is 19.1 Å². The normalized spacial score (nSPS) is 17.3. The Morgan fingerprint density at radius 3 is 2.54 bits per heavy atom. The average Bonchev–Trinajstić information content (AvgIpc) is 3.54. The second-order valence-corrected chi connectivity index (χ2v) is 19.2. The standard InChI is InChI=1S/C40H44ClN8O6PS/c1-47(36(51)23-57-34-11-7-8-26-27(34)22-49(39(26)53)31-14-15-35(50)45-38(31)52)24-16-18-48(19-17-24)25-12-13-29(32(20-25)55-2)44-40-42-21-28(41)37(46-40)43-30-9-5-6-10-33(30)56(3,4)54/h5-13,20-21,24,31H,14-19,22-23H2,1-4H3,(H,45,50,52)(H2,42,43,44,46). The van der Waals surface area contributed by atoms with Crippen LogP contribution >= 0.6 is 30.5 Å². The summed E-state index contributed by atoms with van der Waals surface area (Å²) in [5.41, 5.74) is 3.65. The quantitative estimate of drug-likeness (QED) is 0.0887. The van der Waals surface area contributed by atoms with Crippen molar-refractivity contribution in [3.8, 4) is 5.75 Å². The molecule has 57 heavy (non-hydrogen) atoms. The SMILES string of the molecule is COc1cc(N2CCC(N(C)C(=O)CSc3cccc4c3CN(C3CCC(=O)NC3=O)C4=O)CC2)ccc1Nc1ncc(Cl)c(Nc2ccccc2P(C)(C)=O)n1. The van der Waals surface area contributed by atoms with Crippen LogP contribution in [0, 0.1) is 0 Å². The number of thioether (sulfide) groups is 1. The molecule has 0 spiro atoms. The van der Waals surface area contributed by atoms with E-state index in [1.54, 1.807) is 32.6 Å². The van der Waals surface area contributed by atoms with Gasteiger partial charge in [0, 0.05) is 66.7 Å². The third-order valence-corrected chi connectivity index (χ3v) is 13.5. The minimum Gasteiger partial charge on any atom is -0.494 e. The minimum atomic E-state index is -2.57. The molecular weight excluding hydrogens is 787 g/mol. The molecule has 4 heterocycles. The van der Waals surface area contributed by atoms with Crippen molar-refractivity contribution >= 4 is 88.3 Å². The first-order valence-corrected chi connectivity index (χ1v) is 22.6. The zero-order chi connectivity index (χ0) is 40.4. The summed E-state index contributed by atoms with van der Waals surface area (Å²) < 4.78 is 18.7. The third-order valence-electron chi connectivity index (χ3n) is 10.6. The number of carbonyl (C=O) groups is 4. The minimum absolute atomic E-state index is 0.00205. The highest BCUT2D eigenvalue weighted by atomic mass is 35.5. The molecule has 3 aliphatic rings. The topological polar surface area (TPSA) is 166 Å². The van der Waals surface area contributed by atoms with E-state index in [0.717, 1.165) is 42.1 Å². The number of rotatable bonds is 12. The van der Waals surface area contributed by atoms with Gasteiger partial charge in [0.1, 0.15) is 24.0 Å². The first kappa shape index (κ1) is 40.1. The summed E-state index contributed by atoms with van der Waals surface area (Å²) in [7, 11) is 0.882. The maximum absolute atomic E-state index is 13.4. The van der Waals surface area contributed by atoms with Gasteiger partial charge in [0.15, 0.2) is 5.82 Å². The van der Waals surface area contributed by atoms with E-state index in [-0.39, 0.29) is 42.5 Å². The van der Waals surface area contributed by atoms with Crippen LogP contribution in [0.4, 0.5) is 28.8 Å². The Balaban J connectivity index is 0.938. The number of piperidine rings is 2. The second-order valence-electron chi connectivity index (χ2n) is 14.6. The number of nitrogens with one attached hydrogen (secondary N) is 3. The Kier molecular flexibility index (Phi) is 11.8. The molecule has 1 atom stereocenters. The van der Waals surface area contributed by atoms with Crippen LogP contribution in [0.25, 0.3) is 0 Å². The van der Waals surface area contributed by atoms with Crippen LogP contribution in [-0.4, -0.2) is 102 Å². The number of hydrogen-bond donors (Lipinski definition) is 3. The van der Waals surface area contributed by atoms with Gasteiger partial charge in [-0.25, -0.2) is 4.98 Å². The summed E-state index contributed by atoms with van der Waals surface area (Å²) in [4.78, 5) is 66.3. The molecule has 4 amide bonds. The van der Waals surface area contributed by atoms with Gasteiger partial charge in [0.25, 0.3) is 5.91 Å². The van der Waals surface area contributed by atoms with Crippen molar-refractivity contribution in [3.05, 3.63) is 83.0 Å². The van der Waals surface area contributed by atoms with E-state index in [2.05, 4.69) is 30.8 Å². The summed E-state index contributed by atoms with van der Waals surface area (Å²) in [6, 6.07) is 18.1. The molecule has 0 saturated carbocycles. The molecule has 3 aromatic carbocycles. The summed E-state index contributed by atoms with van der Waals surface area (Å²) in [6.45, 7) is 5.19. The van der Waals surface area contributed by atoms with Crippen molar-refractivity contribution in [3.63, 3.8) is 0 Å². The Morgan fingerprint density at radius 1 is 1.04 bits per heavy atom. The van der Waals surface area contributed by atoms with Gasteiger partial charge in [-0.15, -0.1) is 11.8 Å². The van der Waals surface area contributed by atoms with Crippen molar-refractivity contribution < 1.29 is 28.5 Å². The van der Waals surface area contributed by atoms with Gasteiger partial charge in [0.05, 0.1) is 30.4 Å². The Labute approximate surface area is 340 Å². The smallest absolute Gasteiger partial charge is 0.255 e. The molecule has 3 N–H and O–H groups in total. The van der Waals surface area contributed by atoms with Crippen LogP contribution in [0.5, 0.6) is 5.75 Å². The number of halogens is 1. The van der Waals surface area contributed by atoms with Crippen LogP contribution in [0.3, 0.4) is 0 Å². The van der Waals surface area contributed by atoms with Crippen molar-refractivity contribution in [2.24, 2.45) is 0 Å². The van der Waals surface area contributed by atoms with Gasteiger partial charge in [-0.05, 0) is 74.6 Å². The summed E-state index contributed by atoms with van der Waals surface area (Å²) in [5.74, 6) is 0.482. The molecule has 17 heteroatoms. The highest BCUT2D eigenvalue weighted by Gasteiger charge is 2.40. The number of ether oxygens (including phenoxy) is 1. The summed E-state index contributed by atoms with van der Waals surface area (Å²) >= 11 is 7.86. The Morgan fingerprint density at radius 2 is 1.81 bits per heavy atom. The largest absolute Gasteiger partial charge is 0.494 e. The van der Waals surface area contributed by atoms with Crippen LogP contribution in [0.2, 0.25) is 5.02 Å². The molecule has 1 unspecified atom stereocenters. The van der Waals surface area contributed by atoms with Gasteiger partial charge in [-0.3, -0.25) is 24.5 Å². The number of methoxy groups -OCH3 is 1. The zero-order valence-electron chi connectivity index (χ0n) is 32.1. The number of carbonyl (C=O) groups excluding carboxylic acids is 4. The predicted octanol–water partition coefficient (Wildman–Crippen LogP) is 5.85. The Hall–Kier alpha value is -5.11. The number of fused-ring (bicyclic) bond motifs is 1. The second kappa shape index (κ2) is 16.8. The van der Waals surface area contributed by atoms with Gasteiger partial charge in [-0.1, -0.05) is 29.8 Å². The highest BCUT2D eigenvalue weighted by Crippen LogP contribution is 2.39. The maximum Gasteiger partial charge on any atom is 0.255 e. The van der Waals surface area contributed by atoms with Gasteiger partial charge >= 0.3 is 0 Å². The number of para-hydroxylation sites is 1. The lowest BCUT2D eigenvalue weighted by Gasteiger charge is -2.38. The van der Waals surface area contributed by atoms with E-state index in [1.165, 1.54) is 22.9 Å². The van der Waals surface area contributed by atoms with E-state index >= 15 is 0 Å². The molecule has 7 rings (SSSR count). The van der Waals surface area contributed by atoms with Crippen LogP contribution in [0.1, 0.15) is 41.6 Å². The van der Waals surface area contributed by atoms with Crippen molar-refractivity contribution in [1.82, 2.24) is 25.1 Å². The fourth-order valence-corrected chi connectivity index (χ4v) is 9.74. The Bertz CT molecular complexity index is 2280. The molecule has 0 radical (unpaired) electrons. The van der Waals surface area contributed by atoms with Gasteiger partial charge in [0.2, 0.25) is 23.7 Å². The van der Waals surface area contributed by atoms with E-state index in [0.29, 0.717) is 51.2 Å². The van der Waals surface area contributed by atoms with Crippen molar-refractivity contribution in [1.29, 1.82) is 0 Å². The molecule has 2 fully saturated rings. The number of amides is 4. The molecule has 0 aliphatic carbocycles. The summed E-state index contributed by atoms with van der Waals surface area (Å²) in [6.07, 6.45) is 3.56. The number of nitrogens with zero attached hydrogens (tertiary/aromatic N) is 5. The zero-order valence-corrected chi connectivity index (χ0v) is 34.5. The van der Waals surface area contributed by atoms with E-state index in [9.17, 15) is 23.7 Å². The summed E-state index contributed by atoms with van der Waals surface area (Å²) in [5, 5.41) is 9.80. The number of imide groups is 1. The van der Waals surface area contributed by atoms with Crippen LogP contribution in [0.15, 0.2) is 71.8 Å². The molecule has 0 bridgehead atoms. The maximum atomic E-state index is 13.4. The number of aromatic nitrogens is 2. The van der Waals surface area contributed by atoms with Crippen LogP contribution < -0.4 is 30.9 Å². The van der Waals surface area contributed by atoms with Crippen molar-refractivity contribution in [2.75, 3.05) is 61.9 Å². The molecule has 14 nitrogen and oxygen atoms in total. The molecule has 3 aliphatic heterocycles. The van der Waals surface area contributed by atoms with Gasteiger partial charge < -0.3 is 34.6 Å². The molecule has 298 valence electrons. The van der Waals surface area contributed by atoms with E-state index in [1.807, 2.05) is 60.5 Å². The highest BCUT2D eigenvalue weighted by molar-refractivity contribution is 8.00. The monoisotopic (exact) mass is 830 g/mol. The molecule has 1 aromatic heterocycles. The first-order chi connectivity index (χ1) is 27.3. The lowest BCUT2D eigenvalue weighted by molar-refractivity contribution is -0.137. The first-order valence-electron chi connectivity index (χ1n) is 18.6.